The third kappa shape index (κ3) is 4.85. The van der Waals surface area contributed by atoms with Gasteiger partial charge in [0.05, 0.1) is 13.0 Å². The van der Waals surface area contributed by atoms with Crippen molar-refractivity contribution in [2.75, 3.05) is 6.61 Å². The van der Waals surface area contributed by atoms with Gasteiger partial charge in [-0.2, -0.15) is 10.1 Å². The monoisotopic (exact) mass is 405 g/mol. The Morgan fingerprint density at radius 2 is 1.70 bits per heavy atom. The van der Waals surface area contributed by atoms with E-state index in [1.165, 1.54) is 6.08 Å². The van der Waals surface area contributed by atoms with Gasteiger partial charge in [-0.1, -0.05) is 48.5 Å². The number of imide groups is 1. The lowest BCUT2D eigenvalue weighted by molar-refractivity contribution is -0.141. The van der Waals surface area contributed by atoms with Gasteiger partial charge in [0.25, 0.3) is 17.7 Å². The fraction of sp³-hybridized carbons (Fsp3) is 0.136. The first-order valence-electron chi connectivity index (χ1n) is 9.24. The second-order valence-electron chi connectivity index (χ2n) is 6.24. The number of benzene rings is 2. The number of hydrogen-bond acceptors (Lipinski definition) is 6. The van der Waals surface area contributed by atoms with Gasteiger partial charge in [-0.25, -0.2) is 4.79 Å². The zero-order valence-electron chi connectivity index (χ0n) is 16.2. The number of ether oxygens (including phenoxy) is 1. The number of hydrazone groups is 1. The molecule has 0 aliphatic carbocycles. The molecule has 2 aromatic carbocycles. The molecule has 1 N–H and O–H groups in total. The Kier molecular flexibility index (Phi) is 6.49. The molecule has 1 aliphatic rings. The number of hydrogen-bond donors (Lipinski definition) is 1. The van der Waals surface area contributed by atoms with Crippen molar-refractivity contribution in [3.05, 3.63) is 77.5 Å². The average molecular weight is 405 g/mol. The van der Waals surface area contributed by atoms with Crippen LogP contribution in [0.5, 0.6) is 0 Å². The van der Waals surface area contributed by atoms with Crippen LogP contribution in [0.15, 0.2) is 71.5 Å². The molecule has 0 radical (unpaired) electrons. The maximum atomic E-state index is 13.0. The summed E-state index contributed by atoms with van der Waals surface area (Å²) in [5, 5.41) is 6.93. The first-order chi connectivity index (χ1) is 14.5. The van der Waals surface area contributed by atoms with Crippen LogP contribution in [0.25, 0.3) is 6.08 Å². The van der Waals surface area contributed by atoms with Gasteiger partial charge in [0.1, 0.15) is 5.70 Å². The van der Waals surface area contributed by atoms with E-state index in [0.29, 0.717) is 16.1 Å². The lowest BCUT2D eigenvalue weighted by Gasteiger charge is -2.14. The lowest BCUT2D eigenvalue weighted by Crippen LogP contribution is -2.37. The summed E-state index contributed by atoms with van der Waals surface area (Å²) in [5.74, 6) is -2.82. The van der Waals surface area contributed by atoms with E-state index >= 15 is 0 Å². The molecule has 0 saturated heterocycles. The van der Waals surface area contributed by atoms with E-state index in [1.807, 2.05) is 0 Å². The van der Waals surface area contributed by atoms with Crippen LogP contribution in [-0.4, -0.2) is 41.0 Å². The van der Waals surface area contributed by atoms with Crippen molar-refractivity contribution < 1.29 is 23.9 Å². The SMILES string of the molecule is CCOC(=O)C1=NN(C(=O)/C(=C/c2ccccc2)NC(=O)c2ccccc2)C(=O)C1. The van der Waals surface area contributed by atoms with Crippen molar-refractivity contribution in [2.45, 2.75) is 13.3 Å². The second kappa shape index (κ2) is 9.42. The maximum Gasteiger partial charge on any atom is 0.355 e. The highest BCUT2D eigenvalue weighted by molar-refractivity contribution is 6.42. The highest BCUT2D eigenvalue weighted by Crippen LogP contribution is 2.15. The zero-order chi connectivity index (χ0) is 21.5. The van der Waals surface area contributed by atoms with E-state index in [-0.39, 0.29) is 24.4 Å². The van der Waals surface area contributed by atoms with Crippen LogP contribution < -0.4 is 5.32 Å². The largest absolute Gasteiger partial charge is 0.461 e. The summed E-state index contributed by atoms with van der Waals surface area (Å²) < 4.78 is 4.84. The Morgan fingerprint density at radius 1 is 1.07 bits per heavy atom. The van der Waals surface area contributed by atoms with E-state index < -0.39 is 23.7 Å². The normalized spacial score (nSPS) is 13.6. The Labute approximate surface area is 172 Å². The number of nitrogens with zero attached hydrogens (tertiary/aromatic N) is 2. The summed E-state index contributed by atoms with van der Waals surface area (Å²) >= 11 is 0. The van der Waals surface area contributed by atoms with Gasteiger partial charge in [-0.15, -0.1) is 0 Å². The van der Waals surface area contributed by atoms with Crippen LogP contribution in [-0.2, 0) is 19.1 Å². The maximum absolute atomic E-state index is 13.0. The van der Waals surface area contributed by atoms with E-state index in [1.54, 1.807) is 67.6 Å². The van der Waals surface area contributed by atoms with Crippen molar-refractivity contribution in [2.24, 2.45) is 5.10 Å². The molecular formula is C22H19N3O5. The molecule has 0 bridgehead atoms. The molecular weight excluding hydrogens is 386 g/mol. The van der Waals surface area contributed by atoms with Crippen molar-refractivity contribution >= 4 is 35.5 Å². The Bertz CT molecular complexity index is 1030. The molecule has 0 spiro atoms. The van der Waals surface area contributed by atoms with Gasteiger partial charge in [0.15, 0.2) is 5.71 Å². The molecule has 0 aromatic heterocycles. The van der Waals surface area contributed by atoms with E-state index in [4.69, 9.17) is 4.74 Å². The number of carbonyl (C=O) groups is 4. The van der Waals surface area contributed by atoms with Crippen LogP contribution >= 0.6 is 0 Å². The Hall–Kier alpha value is -4.07. The molecule has 0 saturated carbocycles. The smallest absolute Gasteiger partial charge is 0.355 e. The first kappa shape index (κ1) is 20.7. The lowest BCUT2D eigenvalue weighted by atomic mass is 10.1. The van der Waals surface area contributed by atoms with Crippen LogP contribution in [0.4, 0.5) is 0 Å². The van der Waals surface area contributed by atoms with Crippen LogP contribution in [0.2, 0.25) is 0 Å². The average Bonchev–Trinajstić information content (AvgIpc) is 3.16. The molecule has 0 atom stereocenters. The second-order valence-corrected chi connectivity index (χ2v) is 6.24. The fourth-order valence-corrected chi connectivity index (χ4v) is 2.68. The highest BCUT2D eigenvalue weighted by atomic mass is 16.5. The summed E-state index contributed by atoms with van der Waals surface area (Å²) in [6.07, 6.45) is 1.09. The third-order valence-electron chi connectivity index (χ3n) is 4.10. The summed E-state index contributed by atoms with van der Waals surface area (Å²) in [5.41, 5.74) is 0.657. The zero-order valence-corrected chi connectivity index (χ0v) is 16.2. The van der Waals surface area contributed by atoms with Gasteiger partial charge in [0.2, 0.25) is 0 Å². The number of nitrogens with one attached hydrogen (secondary N) is 1. The summed E-state index contributed by atoms with van der Waals surface area (Å²) in [6.45, 7) is 1.74. The standard InChI is InChI=1S/C22H19N3O5/c1-2-30-22(29)18-14-19(26)25(24-18)21(28)17(13-15-9-5-3-6-10-15)23-20(27)16-11-7-4-8-12-16/h3-13H,2,14H2,1H3,(H,23,27)/b17-13-. The quantitative estimate of drug-likeness (QED) is 0.586. The molecule has 1 heterocycles. The minimum atomic E-state index is -0.854. The third-order valence-corrected chi connectivity index (χ3v) is 4.10. The first-order valence-corrected chi connectivity index (χ1v) is 9.24. The van der Waals surface area contributed by atoms with Crippen molar-refractivity contribution in [3.8, 4) is 0 Å². The van der Waals surface area contributed by atoms with Crippen LogP contribution in [0, 0.1) is 0 Å². The molecule has 152 valence electrons. The van der Waals surface area contributed by atoms with Crippen molar-refractivity contribution in [1.82, 2.24) is 10.3 Å². The predicted molar refractivity (Wildman–Crippen MR) is 109 cm³/mol. The number of carbonyl (C=O) groups excluding carboxylic acids is 4. The minimum absolute atomic E-state index is 0.117. The molecule has 8 heteroatoms. The summed E-state index contributed by atoms with van der Waals surface area (Å²) in [6, 6.07) is 17.2. The van der Waals surface area contributed by atoms with E-state index in [2.05, 4.69) is 10.4 Å². The molecule has 1 aliphatic heterocycles. The van der Waals surface area contributed by atoms with Crippen molar-refractivity contribution in [1.29, 1.82) is 0 Å². The van der Waals surface area contributed by atoms with Gasteiger partial charge < -0.3 is 10.1 Å². The molecule has 8 nitrogen and oxygen atoms in total. The van der Waals surface area contributed by atoms with Gasteiger partial charge in [-0.05, 0) is 30.7 Å². The van der Waals surface area contributed by atoms with Gasteiger partial charge in [0, 0.05) is 5.56 Å². The topological polar surface area (TPSA) is 105 Å². The van der Waals surface area contributed by atoms with Crippen molar-refractivity contribution in [3.63, 3.8) is 0 Å². The van der Waals surface area contributed by atoms with E-state index in [9.17, 15) is 19.2 Å². The molecule has 2 aromatic rings. The Morgan fingerprint density at radius 3 is 2.33 bits per heavy atom. The number of amides is 3. The molecule has 3 amide bonds. The highest BCUT2D eigenvalue weighted by Gasteiger charge is 2.35. The molecule has 30 heavy (non-hydrogen) atoms. The van der Waals surface area contributed by atoms with Gasteiger partial charge >= 0.3 is 5.97 Å². The summed E-state index contributed by atoms with van der Waals surface area (Å²) in [4.78, 5) is 49.7. The number of rotatable bonds is 6. The van der Waals surface area contributed by atoms with Crippen LogP contribution in [0.1, 0.15) is 29.3 Å². The number of esters is 1. The predicted octanol–water partition coefficient (Wildman–Crippen LogP) is 2.14. The molecule has 0 fully saturated rings. The van der Waals surface area contributed by atoms with Crippen LogP contribution in [0.3, 0.4) is 0 Å². The fourth-order valence-electron chi connectivity index (χ4n) is 2.68. The molecule has 0 unspecified atom stereocenters. The Balaban J connectivity index is 1.91. The van der Waals surface area contributed by atoms with Gasteiger partial charge in [-0.3, -0.25) is 14.4 Å². The molecule has 3 rings (SSSR count). The van der Waals surface area contributed by atoms with E-state index in [0.717, 1.165) is 0 Å². The summed E-state index contributed by atoms with van der Waals surface area (Å²) in [7, 11) is 0. The minimum Gasteiger partial charge on any atom is -0.461 e.